The molecule has 2 heterocycles. The molecule has 0 aliphatic heterocycles. The Bertz CT molecular complexity index is 939. The van der Waals surface area contributed by atoms with E-state index in [1.807, 2.05) is 12.1 Å². The number of oxazole rings is 1. The first-order chi connectivity index (χ1) is 14.2. The van der Waals surface area contributed by atoms with Crippen LogP contribution in [0, 0.1) is 0 Å². The van der Waals surface area contributed by atoms with Crippen molar-refractivity contribution >= 4 is 11.8 Å². The molecule has 1 aliphatic carbocycles. The lowest BCUT2D eigenvalue weighted by Gasteiger charge is -2.30. The zero-order valence-electron chi connectivity index (χ0n) is 15.7. The monoisotopic (exact) mass is 395 g/mol. The maximum absolute atomic E-state index is 12.6. The smallest absolute Gasteiger partial charge is 0.251 e. The molecule has 0 radical (unpaired) electrons. The molecule has 0 saturated heterocycles. The second-order valence-corrected chi connectivity index (χ2v) is 7.05. The first-order valence-corrected chi connectivity index (χ1v) is 9.47. The van der Waals surface area contributed by atoms with E-state index < -0.39 is 0 Å². The summed E-state index contributed by atoms with van der Waals surface area (Å²) in [6.07, 6.45) is 7.81. The Hall–Kier alpha value is -3.56. The van der Waals surface area contributed by atoms with Gasteiger partial charge < -0.3 is 15.1 Å². The summed E-state index contributed by atoms with van der Waals surface area (Å²) in [5, 5.41) is 16.8. The quantitative estimate of drug-likeness (QED) is 0.641. The van der Waals surface area contributed by atoms with E-state index >= 15 is 0 Å². The summed E-state index contributed by atoms with van der Waals surface area (Å²) in [5.41, 5.74) is 1.44. The number of tetrazole rings is 1. The van der Waals surface area contributed by atoms with Crippen LogP contribution in [-0.4, -0.2) is 49.1 Å². The maximum atomic E-state index is 12.6. The van der Waals surface area contributed by atoms with E-state index in [1.54, 1.807) is 18.3 Å². The van der Waals surface area contributed by atoms with Gasteiger partial charge in [0.1, 0.15) is 12.9 Å². The zero-order chi connectivity index (χ0) is 20.1. The third-order valence-electron chi connectivity index (χ3n) is 4.94. The van der Waals surface area contributed by atoms with E-state index in [1.165, 1.54) is 17.4 Å². The van der Waals surface area contributed by atoms with Crippen molar-refractivity contribution in [2.24, 2.45) is 0 Å². The first-order valence-electron chi connectivity index (χ1n) is 9.47. The molecule has 4 rings (SSSR count). The van der Waals surface area contributed by atoms with Gasteiger partial charge in [0, 0.05) is 23.2 Å². The van der Waals surface area contributed by atoms with Crippen molar-refractivity contribution in [1.29, 1.82) is 0 Å². The van der Waals surface area contributed by atoms with Crippen molar-refractivity contribution < 1.29 is 14.0 Å². The Morgan fingerprint density at radius 2 is 1.93 bits per heavy atom. The number of hydrogen-bond donors (Lipinski definition) is 2. The van der Waals surface area contributed by atoms with Crippen LogP contribution in [0.25, 0.3) is 11.3 Å². The number of rotatable bonds is 6. The van der Waals surface area contributed by atoms with Crippen molar-refractivity contribution in [3.8, 4) is 11.3 Å². The standard InChI is InChI=1S/C19H21N7O3/c27-18(10-26-11-21-24-25-26)22-15-2-1-3-16(8-15)23-19(28)14-6-4-13(5-7-14)17-9-20-12-29-17/h4-7,9,11-12,15-16H,1-3,8,10H2,(H,22,27)(H,23,28)/t15-,16-/m1/s1. The lowest BCUT2D eigenvalue weighted by Crippen LogP contribution is -2.46. The Morgan fingerprint density at radius 3 is 2.62 bits per heavy atom. The molecule has 150 valence electrons. The summed E-state index contributed by atoms with van der Waals surface area (Å²) < 4.78 is 6.63. The molecule has 2 N–H and O–H groups in total. The number of benzene rings is 1. The summed E-state index contributed by atoms with van der Waals surface area (Å²) in [5.74, 6) is 0.390. The number of amides is 2. The predicted molar refractivity (Wildman–Crippen MR) is 101 cm³/mol. The lowest BCUT2D eigenvalue weighted by molar-refractivity contribution is -0.122. The second-order valence-electron chi connectivity index (χ2n) is 7.05. The first kappa shape index (κ1) is 18.8. The van der Waals surface area contributed by atoms with Crippen LogP contribution in [0.3, 0.4) is 0 Å². The van der Waals surface area contributed by atoms with E-state index in [0.717, 1.165) is 24.8 Å². The minimum absolute atomic E-state index is 0.0172. The summed E-state index contributed by atoms with van der Waals surface area (Å²) in [7, 11) is 0. The van der Waals surface area contributed by atoms with Gasteiger partial charge in [0.15, 0.2) is 12.2 Å². The second kappa shape index (κ2) is 8.63. The van der Waals surface area contributed by atoms with E-state index in [9.17, 15) is 9.59 Å². The molecule has 0 bridgehead atoms. The summed E-state index contributed by atoms with van der Waals surface area (Å²) >= 11 is 0. The number of nitrogens with zero attached hydrogens (tertiary/aromatic N) is 5. The van der Waals surface area contributed by atoms with Crippen LogP contribution in [0.4, 0.5) is 0 Å². The summed E-state index contributed by atoms with van der Waals surface area (Å²) in [4.78, 5) is 28.6. The fraction of sp³-hybridized carbons (Fsp3) is 0.368. The van der Waals surface area contributed by atoms with Crippen molar-refractivity contribution in [3.05, 3.63) is 48.7 Å². The van der Waals surface area contributed by atoms with E-state index in [-0.39, 0.29) is 30.4 Å². The average Bonchev–Trinajstić information content (AvgIpc) is 3.42. The van der Waals surface area contributed by atoms with Crippen LogP contribution in [-0.2, 0) is 11.3 Å². The molecule has 2 amide bonds. The average molecular weight is 395 g/mol. The fourth-order valence-corrected chi connectivity index (χ4v) is 3.54. The highest BCUT2D eigenvalue weighted by Gasteiger charge is 2.25. The Morgan fingerprint density at radius 1 is 1.14 bits per heavy atom. The minimum Gasteiger partial charge on any atom is -0.444 e. The molecule has 0 unspecified atom stereocenters. The molecule has 10 heteroatoms. The molecule has 1 saturated carbocycles. The van der Waals surface area contributed by atoms with Gasteiger partial charge in [-0.25, -0.2) is 9.67 Å². The lowest BCUT2D eigenvalue weighted by atomic mass is 9.90. The van der Waals surface area contributed by atoms with Crippen LogP contribution >= 0.6 is 0 Å². The van der Waals surface area contributed by atoms with Gasteiger partial charge in [-0.15, -0.1) is 5.10 Å². The van der Waals surface area contributed by atoms with Gasteiger partial charge in [-0.05, 0) is 48.2 Å². The normalized spacial score (nSPS) is 18.9. The number of carbonyl (C=O) groups excluding carboxylic acids is 2. The summed E-state index contributed by atoms with van der Waals surface area (Å²) in [6, 6.07) is 7.23. The van der Waals surface area contributed by atoms with Crippen LogP contribution < -0.4 is 10.6 Å². The SMILES string of the molecule is O=C(Cn1cnnn1)N[C@@H]1CCC[C@@H](NC(=O)c2ccc(-c3cnco3)cc2)C1. The molecular formula is C19H21N7O3. The van der Waals surface area contributed by atoms with Gasteiger partial charge in [0.25, 0.3) is 5.91 Å². The fourth-order valence-electron chi connectivity index (χ4n) is 3.54. The molecular weight excluding hydrogens is 374 g/mol. The molecule has 2 aromatic heterocycles. The molecule has 1 fully saturated rings. The Balaban J connectivity index is 1.29. The minimum atomic E-state index is -0.141. The molecule has 2 atom stereocenters. The van der Waals surface area contributed by atoms with Gasteiger partial charge in [-0.3, -0.25) is 9.59 Å². The van der Waals surface area contributed by atoms with Crippen molar-refractivity contribution in [2.45, 2.75) is 44.3 Å². The van der Waals surface area contributed by atoms with Gasteiger partial charge in [0.05, 0.1) is 6.20 Å². The molecule has 29 heavy (non-hydrogen) atoms. The highest BCUT2D eigenvalue weighted by molar-refractivity contribution is 5.94. The number of hydrogen-bond acceptors (Lipinski definition) is 7. The number of nitrogens with one attached hydrogen (secondary N) is 2. The predicted octanol–water partition coefficient (Wildman–Crippen LogP) is 1.19. The van der Waals surface area contributed by atoms with Crippen LogP contribution in [0.2, 0.25) is 0 Å². The maximum Gasteiger partial charge on any atom is 0.251 e. The summed E-state index contributed by atoms with van der Waals surface area (Å²) in [6.45, 7) is 0.0814. The van der Waals surface area contributed by atoms with Gasteiger partial charge in [-0.2, -0.15) is 0 Å². The highest BCUT2D eigenvalue weighted by Crippen LogP contribution is 2.21. The van der Waals surface area contributed by atoms with E-state index in [0.29, 0.717) is 17.7 Å². The van der Waals surface area contributed by atoms with Crippen LogP contribution in [0.5, 0.6) is 0 Å². The van der Waals surface area contributed by atoms with Gasteiger partial charge in [0.2, 0.25) is 5.91 Å². The zero-order valence-corrected chi connectivity index (χ0v) is 15.7. The number of aromatic nitrogens is 5. The van der Waals surface area contributed by atoms with E-state index in [2.05, 4.69) is 31.1 Å². The van der Waals surface area contributed by atoms with Crippen LogP contribution in [0.1, 0.15) is 36.0 Å². The van der Waals surface area contributed by atoms with Gasteiger partial charge in [-0.1, -0.05) is 12.1 Å². The largest absolute Gasteiger partial charge is 0.444 e. The van der Waals surface area contributed by atoms with Crippen molar-refractivity contribution in [1.82, 2.24) is 35.8 Å². The molecule has 0 spiro atoms. The van der Waals surface area contributed by atoms with Crippen molar-refractivity contribution in [2.75, 3.05) is 0 Å². The Labute approximate surface area is 166 Å². The van der Waals surface area contributed by atoms with Gasteiger partial charge >= 0.3 is 0 Å². The van der Waals surface area contributed by atoms with Crippen molar-refractivity contribution in [3.63, 3.8) is 0 Å². The third kappa shape index (κ3) is 4.84. The molecule has 1 aromatic carbocycles. The molecule has 1 aliphatic rings. The topological polar surface area (TPSA) is 128 Å². The van der Waals surface area contributed by atoms with E-state index in [4.69, 9.17) is 4.42 Å². The molecule has 3 aromatic rings. The third-order valence-corrected chi connectivity index (χ3v) is 4.94. The molecule has 10 nitrogen and oxygen atoms in total. The highest BCUT2D eigenvalue weighted by atomic mass is 16.3. The Kier molecular flexibility index (Phi) is 5.59. The number of carbonyl (C=O) groups is 2. The van der Waals surface area contributed by atoms with Crippen LogP contribution in [0.15, 0.2) is 47.6 Å².